The zero-order valence-electron chi connectivity index (χ0n) is 12.1. The molecule has 0 aromatic heterocycles. The standard InChI is InChI=1S/C15H34N2/c1-14(2)10-6-5-8-12-15(17)11-7-3-4-9-13-16/h14-15H,3-13,16-17H2,1-2H3. The second-order valence-corrected chi connectivity index (χ2v) is 5.78. The van der Waals surface area contributed by atoms with E-state index in [9.17, 15) is 0 Å². The quantitative estimate of drug-likeness (QED) is 0.511. The minimum atomic E-state index is 0.437. The van der Waals surface area contributed by atoms with Crippen molar-refractivity contribution >= 4 is 0 Å². The van der Waals surface area contributed by atoms with Crippen molar-refractivity contribution in [3.63, 3.8) is 0 Å². The van der Waals surface area contributed by atoms with E-state index < -0.39 is 0 Å². The van der Waals surface area contributed by atoms with E-state index in [1.54, 1.807) is 0 Å². The minimum Gasteiger partial charge on any atom is -0.330 e. The molecule has 0 rings (SSSR count). The Balaban J connectivity index is 3.14. The molecule has 0 fully saturated rings. The van der Waals surface area contributed by atoms with Gasteiger partial charge in [-0.1, -0.05) is 58.8 Å². The van der Waals surface area contributed by atoms with Crippen molar-refractivity contribution in [2.45, 2.75) is 84.1 Å². The predicted molar refractivity (Wildman–Crippen MR) is 78.0 cm³/mol. The molecule has 2 heteroatoms. The summed E-state index contributed by atoms with van der Waals surface area (Å²) < 4.78 is 0. The average Bonchev–Trinajstić information content (AvgIpc) is 2.28. The SMILES string of the molecule is CC(C)CCCCCC(N)CCCCCCN. The van der Waals surface area contributed by atoms with Crippen LogP contribution in [0.4, 0.5) is 0 Å². The smallest absolute Gasteiger partial charge is 0.00388 e. The van der Waals surface area contributed by atoms with Gasteiger partial charge >= 0.3 is 0 Å². The number of hydrogen-bond donors (Lipinski definition) is 2. The van der Waals surface area contributed by atoms with E-state index in [1.165, 1.54) is 64.2 Å². The van der Waals surface area contributed by atoms with Gasteiger partial charge in [0.1, 0.15) is 0 Å². The second kappa shape index (κ2) is 12.4. The first-order valence-electron chi connectivity index (χ1n) is 7.62. The molecule has 4 N–H and O–H groups in total. The molecule has 0 aliphatic heterocycles. The molecule has 0 aliphatic carbocycles. The van der Waals surface area contributed by atoms with Crippen molar-refractivity contribution in [1.82, 2.24) is 0 Å². The number of nitrogens with two attached hydrogens (primary N) is 2. The predicted octanol–water partition coefficient (Wildman–Crippen LogP) is 3.83. The first-order valence-corrected chi connectivity index (χ1v) is 7.62. The summed E-state index contributed by atoms with van der Waals surface area (Å²) in [6.45, 7) is 5.43. The van der Waals surface area contributed by atoms with E-state index in [0.29, 0.717) is 6.04 Å². The largest absolute Gasteiger partial charge is 0.330 e. The Morgan fingerprint density at radius 3 is 1.71 bits per heavy atom. The maximum Gasteiger partial charge on any atom is 0.00388 e. The number of rotatable bonds is 12. The van der Waals surface area contributed by atoms with Gasteiger partial charge in [-0.15, -0.1) is 0 Å². The van der Waals surface area contributed by atoms with Gasteiger partial charge in [-0.3, -0.25) is 0 Å². The molecule has 0 aromatic rings. The van der Waals surface area contributed by atoms with Gasteiger partial charge in [0, 0.05) is 6.04 Å². The second-order valence-electron chi connectivity index (χ2n) is 5.78. The maximum atomic E-state index is 6.11. The summed E-state index contributed by atoms with van der Waals surface area (Å²) >= 11 is 0. The van der Waals surface area contributed by atoms with Gasteiger partial charge in [0.15, 0.2) is 0 Å². The highest BCUT2D eigenvalue weighted by molar-refractivity contribution is 4.62. The summed E-state index contributed by atoms with van der Waals surface area (Å²) in [6.07, 6.45) is 12.9. The van der Waals surface area contributed by atoms with Crippen molar-refractivity contribution in [3.05, 3.63) is 0 Å². The van der Waals surface area contributed by atoms with E-state index in [2.05, 4.69) is 13.8 Å². The van der Waals surface area contributed by atoms with Gasteiger partial charge < -0.3 is 11.5 Å². The van der Waals surface area contributed by atoms with Gasteiger partial charge in [-0.2, -0.15) is 0 Å². The molecule has 0 aromatic carbocycles. The molecule has 0 heterocycles. The van der Waals surface area contributed by atoms with E-state index >= 15 is 0 Å². The summed E-state index contributed by atoms with van der Waals surface area (Å²) in [5, 5.41) is 0. The Kier molecular flexibility index (Phi) is 12.3. The summed E-state index contributed by atoms with van der Waals surface area (Å²) in [5.74, 6) is 0.853. The van der Waals surface area contributed by atoms with Gasteiger partial charge in [0.05, 0.1) is 0 Å². The van der Waals surface area contributed by atoms with E-state index in [4.69, 9.17) is 11.5 Å². The Morgan fingerprint density at radius 2 is 1.18 bits per heavy atom. The van der Waals surface area contributed by atoms with E-state index in [-0.39, 0.29) is 0 Å². The minimum absolute atomic E-state index is 0.437. The summed E-state index contributed by atoms with van der Waals surface area (Å²) in [5.41, 5.74) is 11.6. The number of unbranched alkanes of at least 4 members (excludes halogenated alkanes) is 5. The van der Waals surface area contributed by atoms with Crippen LogP contribution in [0.2, 0.25) is 0 Å². The van der Waals surface area contributed by atoms with Crippen LogP contribution < -0.4 is 11.5 Å². The molecule has 0 saturated carbocycles. The fourth-order valence-electron chi connectivity index (χ4n) is 2.18. The van der Waals surface area contributed by atoms with Gasteiger partial charge in [-0.05, 0) is 31.7 Å². The van der Waals surface area contributed by atoms with E-state index in [0.717, 1.165) is 12.5 Å². The number of hydrogen-bond acceptors (Lipinski definition) is 2. The molecule has 0 saturated heterocycles. The molecule has 17 heavy (non-hydrogen) atoms. The molecule has 2 nitrogen and oxygen atoms in total. The van der Waals surface area contributed by atoms with Crippen molar-refractivity contribution in [2.24, 2.45) is 17.4 Å². The third kappa shape index (κ3) is 13.9. The van der Waals surface area contributed by atoms with Crippen molar-refractivity contribution in [1.29, 1.82) is 0 Å². The van der Waals surface area contributed by atoms with Crippen LogP contribution in [0.5, 0.6) is 0 Å². The Morgan fingerprint density at radius 1 is 0.706 bits per heavy atom. The lowest BCUT2D eigenvalue weighted by atomic mass is 10.00. The Bertz CT molecular complexity index is 146. The topological polar surface area (TPSA) is 52.0 Å². The summed E-state index contributed by atoms with van der Waals surface area (Å²) in [6, 6.07) is 0.437. The zero-order chi connectivity index (χ0) is 12.9. The Labute approximate surface area is 109 Å². The van der Waals surface area contributed by atoms with Crippen molar-refractivity contribution in [2.75, 3.05) is 6.54 Å². The molecule has 1 atom stereocenters. The molecule has 0 amide bonds. The maximum absolute atomic E-state index is 6.11. The molecule has 0 spiro atoms. The highest BCUT2D eigenvalue weighted by atomic mass is 14.6. The van der Waals surface area contributed by atoms with Crippen LogP contribution in [0.25, 0.3) is 0 Å². The monoisotopic (exact) mass is 242 g/mol. The molecule has 0 bridgehead atoms. The summed E-state index contributed by atoms with van der Waals surface area (Å²) in [4.78, 5) is 0. The van der Waals surface area contributed by atoms with E-state index in [1.807, 2.05) is 0 Å². The zero-order valence-corrected chi connectivity index (χ0v) is 12.1. The molecule has 104 valence electrons. The average molecular weight is 242 g/mol. The fourth-order valence-corrected chi connectivity index (χ4v) is 2.18. The van der Waals surface area contributed by atoms with Gasteiger partial charge in [-0.25, -0.2) is 0 Å². The molecular formula is C15H34N2. The Hall–Kier alpha value is -0.0800. The lowest BCUT2D eigenvalue weighted by Crippen LogP contribution is -2.19. The van der Waals surface area contributed by atoms with Crippen molar-refractivity contribution < 1.29 is 0 Å². The van der Waals surface area contributed by atoms with Crippen molar-refractivity contribution in [3.8, 4) is 0 Å². The third-order valence-corrected chi connectivity index (χ3v) is 3.39. The molecule has 0 radical (unpaired) electrons. The first-order chi connectivity index (χ1) is 8.16. The lowest BCUT2D eigenvalue weighted by molar-refractivity contribution is 0.472. The summed E-state index contributed by atoms with van der Waals surface area (Å²) in [7, 11) is 0. The van der Waals surface area contributed by atoms with Gasteiger partial charge in [0.2, 0.25) is 0 Å². The van der Waals surface area contributed by atoms with Crippen LogP contribution in [0, 0.1) is 5.92 Å². The van der Waals surface area contributed by atoms with Crippen LogP contribution in [-0.4, -0.2) is 12.6 Å². The van der Waals surface area contributed by atoms with Crippen LogP contribution in [0.1, 0.15) is 78.1 Å². The van der Waals surface area contributed by atoms with Gasteiger partial charge in [0.25, 0.3) is 0 Å². The van der Waals surface area contributed by atoms with Crippen LogP contribution in [0.15, 0.2) is 0 Å². The fraction of sp³-hybridized carbons (Fsp3) is 1.00. The normalized spacial score (nSPS) is 13.2. The lowest BCUT2D eigenvalue weighted by Gasteiger charge is -2.11. The van der Waals surface area contributed by atoms with Crippen LogP contribution in [0.3, 0.4) is 0 Å². The molecule has 0 aliphatic rings. The third-order valence-electron chi connectivity index (χ3n) is 3.39. The highest BCUT2D eigenvalue weighted by Crippen LogP contribution is 2.12. The van der Waals surface area contributed by atoms with Crippen LogP contribution >= 0.6 is 0 Å². The molecule has 1 unspecified atom stereocenters. The molecular weight excluding hydrogens is 208 g/mol. The van der Waals surface area contributed by atoms with Crippen LogP contribution in [-0.2, 0) is 0 Å². The first kappa shape index (κ1) is 16.9. The highest BCUT2D eigenvalue weighted by Gasteiger charge is 2.02.